The minimum Gasteiger partial charge on any atom is -0.480 e. The SMILES string of the molecule is N[C@]1(C(=O)O)[C@H]2[C@@H](C[C@H]1OCc1cccc(Oc3ccccc3)c1)[C@]2(F)C(=O)O. The van der Waals surface area contributed by atoms with Crippen LogP contribution < -0.4 is 10.5 Å². The van der Waals surface area contributed by atoms with Crippen LogP contribution in [0, 0.1) is 11.8 Å². The molecule has 0 saturated heterocycles. The molecule has 8 heteroatoms. The monoisotopic (exact) mass is 401 g/mol. The summed E-state index contributed by atoms with van der Waals surface area (Å²) in [6.45, 7) is 0.0364. The lowest BCUT2D eigenvalue weighted by Crippen LogP contribution is -2.60. The van der Waals surface area contributed by atoms with Gasteiger partial charge in [0.2, 0.25) is 5.67 Å². The molecule has 4 N–H and O–H groups in total. The summed E-state index contributed by atoms with van der Waals surface area (Å²) < 4.78 is 26.1. The second-order valence-electron chi connectivity index (χ2n) is 7.49. The molecule has 0 radical (unpaired) electrons. The summed E-state index contributed by atoms with van der Waals surface area (Å²) in [5, 5.41) is 18.7. The first-order valence-corrected chi connectivity index (χ1v) is 9.16. The van der Waals surface area contributed by atoms with Crippen LogP contribution in [0.5, 0.6) is 11.5 Å². The number of halogens is 1. The molecule has 2 saturated carbocycles. The molecule has 2 fully saturated rings. The molecule has 0 amide bonds. The largest absolute Gasteiger partial charge is 0.480 e. The quantitative estimate of drug-likeness (QED) is 0.652. The highest BCUT2D eigenvalue weighted by atomic mass is 19.1. The zero-order valence-corrected chi connectivity index (χ0v) is 15.3. The van der Waals surface area contributed by atoms with Gasteiger partial charge in [-0.05, 0) is 36.2 Å². The number of carboxylic acid groups (broad SMARTS) is 2. The van der Waals surface area contributed by atoms with Crippen LogP contribution in [-0.2, 0) is 20.9 Å². The molecule has 152 valence electrons. The summed E-state index contributed by atoms with van der Waals surface area (Å²) in [5.41, 5.74) is 2.02. The Morgan fingerprint density at radius 2 is 1.76 bits per heavy atom. The summed E-state index contributed by atoms with van der Waals surface area (Å²) in [6, 6.07) is 16.3. The van der Waals surface area contributed by atoms with Crippen molar-refractivity contribution in [2.45, 2.75) is 30.3 Å². The summed E-state index contributed by atoms with van der Waals surface area (Å²) in [7, 11) is 0. The van der Waals surface area contributed by atoms with Gasteiger partial charge in [0.05, 0.1) is 12.7 Å². The Hall–Kier alpha value is -2.97. The van der Waals surface area contributed by atoms with Gasteiger partial charge in [-0.2, -0.15) is 0 Å². The van der Waals surface area contributed by atoms with E-state index in [-0.39, 0.29) is 13.0 Å². The lowest BCUT2D eigenvalue weighted by atomic mass is 9.88. The number of nitrogens with two attached hydrogens (primary N) is 1. The molecule has 0 spiro atoms. The van der Waals surface area contributed by atoms with Gasteiger partial charge in [-0.3, -0.25) is 4.79 Å². The number of rotatable bonds is 7. The fraction of sp³-hybridized carbons (Fsp3) is 0.333. The van der Waals surface area contributed by atoms with Crippen LogP contribution in [0.15, 0.2) is 54.6 Å². The number of ether oxygens (including phenoxy) is 2. The first kappa shape index (κ1) is 19.4. The summed E-state index contributed by atoms with van der Waals surface area (Å²) in [5.74, 6) is -4.15. The van der Waals surface area contributed by atoms with Crippen LogP contribution in [0.1, 0.15) is 12.0 Å². The summed E-state index contributed by atoms with van der Waals surface area (Å²) in [4.78, 5) is 23.0. The van der Waals surface area contributed by atoms with Gasteiger partial charge in [0, 0.05) is 11.8 Å². The molecular formula is C21H20FNO6. The maximum Gasteiger partial charge on any atom is 0.342 e. The summed E-state index contributed by atoms with van der Waals surface area (Å²) >= 11 is 0. The number of hydrogen-bond donors (Lipinski definition) is 3. The Balaban J connectivity index is 1.45. The number of benzene rings is 2. The molecule has 4 rings (SSSR count). The van der Waals surface area contributed by atoms with Gasteiger partial charge in [-0.25, -0.2) is 9.18 Å². The smallest absolute Gasteiger partial charge is 0.342 e. The van der Waals surface area contributed by atoms with Crippen molar-refractivity contribution in [3.05, 3.63) is 60.2 Å². The van der Waals surface area contributed by atoms with E-state index in [9.17, 15) is 19.1 Å². The van der Waals surface area contributed by atoms with Gasteiger partial charge in [-0.1, -0.05) is 30.3 Å². The molecule has 7 nitrogen and oxygen atoms in total. The zero-order chi connectivity index (χ0) is 20.8. The third kappa shape index (κ3) is 3.04. The predicted octanol–water partition coefficient (Wildman–Crippen LogP) is 2.59. The van der Waals surface area contributed by atoms with Gasteiger partial charge in [0.25, 0.3) is 0 Å². The van der Waals surface area contributed by atoms with Gasteiger partial charge in [-0.15, -0.1) is 0 Å². The van der Waals surface area contributed by atoms with Crippen LogP contribution in [-0.4, -0.2) is 39.5 Å². The molecule has 5 atom stereocenters. The highest BCUT2D eigenvalue weighted by Crippen LogP contribution is 2.67. The van der Waals surface area contributed by atoms with Gasteiger partial charge in [0.15, 0.2) is 0 Å². The first-order valence-electron chi connectivity index (χ1n) is 9.16. The van der Waals surface area contributed by atoms with Gasteiger partial charge >= 0.3 is 11.9 Å². The van der Waals surface area contributed by atoms with Crippen molar-refractivity contribution in [3.8, 4) is 11.5 Å². The summed E-state index contributed by atoms with van der Waals surface area (Å²) in [6.07, 6.45) is -1.05. The van der Waals surface area contributed by atoms with E-state index in [0.29, 0.717) is 11.5 Å². The maximum absolute atomic E-state index is 14.6. The zero-order valence-electron chi connectivity index (χ0n) is 15.3. The van der Waals surface area contributed by atoms with E-state index in [1.165, 1.54) is 0 Å². The first-order chi connectivity index (χ1) is 13.8. The highest BCUT2D eigenvalue weighted by Gasteiger charge is 2.85. The van der Waals surface area contributed by atoms with E-state index in [1.54, 1.807) is 24.3 Å². The number of hydrogen-bond acceptors (Lipinski definition) is 5. The predicted molar refractivity (Wildman–Crippen MR) is 99.2 cm³/mol. The molecule has 2 aromatic carbocycles. The Bertz CT molecular complexity index is 953. The standard InChI is InChI=1S/C21H20FNO6/c22-20(18(24)25)15-10-16(21(23,17(15)20)19(26)27)28-11-12-5-4-8-14(9-12)29-13-6-2-1-3-7-13/h1-9,15-17H,10-11,23H2,(H,24,25)(H,26,27)/t15-,16-,17+,20-,21+/m1/s1. The van der Waals surface area contributed by atoms with Crippen LogP contribution in [0.2, 0.25) is 0 Å². The van der Waals surface area contributed by atoms with Crippen molar-refractivity contribution >= 4 is 11.9 Å². The second-order valence-corrected chi connectivity index (χ2v) is 7.49. The minimum atomic E-state index is -2.60. The van der Waals surface area contributed by atoms with Crippen LogP contribution in [0.4, 0.5) is 4.39 Å². The molecular weight excluding hydrogens is 381 g/mol. The number of carbonyl (C=O) groups is 2. The maximum atomic E-state index is 14.6. The average Bonchev–Trinajstić information content (AvgIpc) is 3.17. The van der Waals surface area contributed by atoms with E-state index in [0.717, 1.165) is 5.56 Å². The third-order valence-electron chi connectivity index (χ3n) is 5.83. The van der Waals surface area contributed by atoms with E-state index in [2.05, 4.69) is 0 Å². The molecule has 2 aromatic rings. The van der Waals surface area contributed by atoms with Crippen molar-refractivity contribution in [3.63, 3.8) is 0 Å². The van der Waals surface area contributed by atoms with E-state index < -0.39 is 41.1 Å². The molecule has 0 aliphatic heterocycles. The molecule has 0 unspecified atom stereocenters. The molecule has 0 heterocycles. The van der Waals surface area contributed by atoms with Crippen LogP contribution >= 0.6 is 0 Å². The molecule has 29 heavy (non-hydrogen) atoms. The number of alkyl halides is 1. The Morgan fingerprint density at radius 3 is 2.41 bits per heavy atom. The highest BCUT2D eigenvalue weighted by molar-refractivity contribution is 5.90. The molecule has 2 aliphatic carbocycles. The molecule has 2 aliphatic rings. The lowest BCUT2D eigenvalue weighted by molar-refractivity contribution is -0.156. The second kappa shape index (κ2) is 6.82. The average molecular weight is 401 g/mol. The lowest BCUT2D eigenvalue weighted by Gasteiger charge is -2.31. The van der Waals surface area contributed by atoms with E-state index >= 15 is 0 Å². The van der Waals surface area contributed by atoms with Gasteiger partial charge < -0.3 is 25.4 Å². The Kier molecular flexibility index (Phi) is 4.55. The van der Waals surface area contributed by atoms with Crippen LogP contribution in [0.3, 0.4) is 0 Å². The minimum absolute atomic E-state index is 0.0364. The molecule has 0 aromatic heterocycles. The topological polar surface area (TPSA) is 119 Å². The number of fused-ring (bicyclic) bond motifs is 1. The van der Waals surface area contributed by atoms with Crippen molar-refractivity contribution in [1.29, 1.82) is 0 Å². The number of para-hydroxylation sites is 1. The Morgan fingerprint density at radius 1 is 1.07 bits per heavy atom. The number of carboxylic acids is 2. The molecule has 0 bridgehead atoms. The van der Waals surface area contributed by atoms with Crippen molar-refractivity contribution in [1.82, 2.24) is 0 Å². The normalized spacial score (nSPS) is 32.4. The van der Waals surface area contributed by atoms with Crippen molar-refractivity contribution in [2.75, 3.05) is 0 Å². The van der Waals surface area contributed by atoms with E-state index in [1.807, 2.05) is 30.3 Å². The van der Waals surface area contributed by atoms with Crippen LogP contribution in [0.25, 0.3) is 0 Å². The Labute approximate surface area is 165 Å². The fourth-order valence-electron chi connectivity index (χ4n) is 4.33. The van der Waals surface area contributed by atoms with Crippen molar-refractivity contribution in [2.24, 2.45) is 17.6 Å². The number of aliphatic carboxylic acids is 2. The third-order valence-corrected chi connectivity index (χ3v) is 5.83. The van der Waals surface area contributed by atoms with E-state index in [4.69, 9.17) is 20.3 Å². The van der Waals surface area contributed by atoms with Crippen molar-refractivity contribution < 1.29 is 33.7 Å². The van der Waals surface area contributed by atoms with Gasteiger partial charge in [0.1, 0.15) is 17.0 Å². The fourth-order valence-corrected chi connectivity index (χ4v) is 4.33.